The minimum atomic E-state index is 0.0551. The highest BCUT2D eigenvalue weighted by molar-refractivity contribution is 5.62. The number of unbranched alkanes of at least 4 members (excludes halogenated alkanes) is 1. The van der Waals surface area contributed by atoms with E-state index in [1.165, 1.54) is 37.7 Å². The van der Waals surface area contributed by atoms with Gasteiger partial charge in [0.15, 0.2) is 0 Å². The average Bonchev–Trinajstić information content (AvgIpc) is 2.88. The first kappa shape index (κ1) is 16.1. The van der Waals surface area contributed by atoms with Crippen molar-refractivity contribution in [1.82, 2.24) is 9.55 Å². The number of nitrogens with zero attached hydrogens (tertiary/aromatic N) is 1. The van der Waals surface area contributed by atoms with Crippen LogP contribution in [-0.4, -0.2) is 9.55 Å². The molecule has 23 heavy (non-hydrogen) atoms. The Kier molecular flexibility index (Phi) is 5.04. The van der Waals surface area contributed by atoms with Gasteiger partial charge in [-0.15, -0.1) is 0 Å². The molecule has 0 bridgehead atoms. The molecule has 1 fully saturated rings. The molecule has 1 aromatic carbocycles. The largest absolute Gasteiger partial charge is 0.326 e. The number of aromatic amines is 1. The Hall–Kier alpha value is -1.77. The van der Waals surface area contributed by atoms with Crippen LogP contribution >= 0.6 is 0 Å². The number of rotatable bonds is 5. The number of aryl methyl sites for hydroxylation is 2. The molecule has 0 aliphatic heterocycles. The van der Waals surface area contributed by atoms with E-state index in [0.29, 0.717) is 6.04 Å². The van der Waals surface area contributed by atoms with Crippen molar-refractivity contribution < 1.29 is 0 Å². The minimum Gasteiger partial charge on any atom is -0.309 e. The average molecular weight is 312 g/mol. The van der Waals surface area contributed by atoms with Gasteiger partial charge in [-0.3, -0.25) is 4.57 Å². The van der Waals surface area contributed by atoms with Gasteiger partial charge in [-0.05, 0) is 38.2 Å². The zero-order valence-corrected chi connectivity index (χ0v) is 14.4. The van der Waals surface area contributed by atoms with Crippen LogP contribution in [0.2, 0.25) is 0 Å². The number of nitrogens with one attached hydrogen (secondary N) is 1. The molecular weight excluding hydrogens is 284 g/mol. The molecule has 1 N–H and O–H groups in total. The predicted molar refractivity (Wildman–Crippen MR) is 96.0 cm³/mol. The van der Waals surface area contributed by atoms with Crippen molar-refractivity contribution in [2.45, 2.75) is 71.3 Å². The lowest BCUT2D eigenvalue weighted by Gasteiger charge is -2.24. The maximum Gasteiger partial charge on any atom is 0.326 e. The monoisotopic (exact) mass is 312 g/mol. The zero-order chi connectivity index (χ0) is 16.2. The van der Waals surface area contributed by atoms with E-state index in [-0.39, 0.29) is 5.69 Å². The Morgan fingerprint density at radius 3 is 2.48 bits per heavy atom. The zero-order valence-electron chi connectivity index (χ0n) is 14.4. The summed E-state index contributed by atoms with van der Waals surface area (Å²) < 4.78 is 2.02. The van der Waals surface area contributed by atoms with Gasteiger partial charge < -0.3 is 4.98 Å². The third-order valence-electron chi connectivity index (χ3n) is 5.10. The number of aromatic nitrogens is 2. The Bertz CT molecular complexity index is 687. The van der Waals surface area contributed by atoms with Crippen LogP contribution in [0.15, 0.2) is 29.1 Å². The maximum absolute atomic E-state index is 12.4. The number of H-pyrrole nitrogens is 1. The van der Waals surface area contributed by atoms with Gasteiger partial charge in [0.25, 0.3) is 0 Å². The normalized spacial score (nSPS) is 15.9. The van der Waals surface area contributed by atoms with Crippen LogP contribution in [0, 0.1) is 6.92 Å². The highest BCUT2D eigenvalue weighted by Gasteiger charge is 2.22. The third kappa shape index (κ3) is 3.44. The molecule has 1 saturated carbocycles. The van der Waals surface area contributed by atoms with E-state index in [1.54, 1.807) is 0 Å². The summed E-state index contributed by atoms with van der Waals surface area (Å²) in [6, 6.07) is 9.15. The number of hydrogen-bond acceptors (Lipinski definition) is 1. The van der Waals surface area contributed by atoms with E-state index in [1.807, 2.05) is 11.5 Å². The summed E-state index contributed by atoms with van der Waals surface area (Å²) in [5.41, 5.74) is 4.67. The lowest BCUT2D eigenvalue weighted by Crippen LogP contribution is -2.24. The summed E-state index contributed by atoms with van der Waals surface area (Å²) in [6.07, 6.45) is 9.61. The van der Waals surface area contributed by atoms with Crippen LogP contribution in [0.25, 0.3) is 11.3 Å². The SMILES string of the molecule is CCCCc1ccc(-c2c(C)[nH]c(=O)n2C2CCCCC2)cc1. The smallest absolute Gasteiger partial charge is 0.309 e. The van der Waals surface area contributed by atoms with Crippen molar-refractivity contribution >= 4 is 0 Å². The molecule has 0 saturated heterocycles. The van der Waals surface area contributed by atoms with Gasteiger partial charge in [-0.25, -0.2) is 4.79 Å². The summed E-state index contributed by atoms with van der Waals surface area (Å²) in [5, 5.41) is 0. The molecule has 0 atom stereocenters. The lowest BCUT2D eigenvalue weighted by atomic mass is 9.94. The Balaban J connectivity index is 1.94. The standard InChI is InChI=1S/C20H28N2O/c1-3-4-8-16-11-13-17(14-12-16)19-15(2)21-20(23)22(19)18-9-6-5-7-10-18/h11-14,18H,3-10H2,1-2H3,(H,21,23). The van der Waals surface area contributed by atoms with E-state index in [9.17, 15) is 4.79 Å². The van der Waals surface area contributed by atoms with Crippen LogP contribution in [0.1, 0.15) is 69.2 Å². The molecule has 1 aliphatic carbocycles. The molecule has 1 aliphatic rings. The molecule has 3 heteroatoms. The van der Waals surface area contributed by atoms with Crippen LogP contribution in [0.4, 0.5) is 0 Å². The van der Waals surface area contributed by atoms with Crippen molar-refractivity contribution in [3.8, 4) is 11.3 Å². The molecule has 3 nitrogen and oxygen atoms in total. The third-order valence-corrected chi connectivity index (χ3v) is 5.10. The highest BCUT2D eigenvalue weighted by atomic mass is 16.1. The van der Waals surface area contributed by atoms with Crippen molar-refractivity contribution in [2.24, 2.45) is 0 Å². The fourth-order valence-electron chi connectivity index (χ4n) is 3.82. The molecule has 0 radical (unpaired) electrons. The molecule has 0 amide bonds. The van der Waals surface area contributed by atoms with Crippen LogP contribution in [0.5, 0.6) is 0 Å². The van der Waals surface area contributed by atoms with Crippen LogP contribution in [0.3, 0.4) is 0 Å². The lowest BCUT2D eigenvalue weighted by molar-refractivity contribution is 0.349. The summed E-state index contributed by atoms with van der Waals surface area (Å²) >= 11 is 0. The fraction of sp³-hybridized carbons (Fsp3) is 0.550. The topological polar surface area (TPSA) is 37.8 Å². The molecule has 3 rings (SSSR count). The second-order valence-corrected chi connectivity index (χ2v) is 6.87. The second-order valence-electron chi connectivity index (χ2n) is 6.87. The van der Waals surface area contributed by atoms with Crippen molar-refractivity contribution in [1.29, 1.82) is 0 Å². The number of benzene rings is 1. The first-order valence-electron chi connectivity index (χ1n) is 9.11. The minimum absolute atomic E-state index is 0.0551. The molecule has 1 heterocycles. The van der Waals surface area contributed by atoms with Gasteiger partial charge >= 0.3 is 5.69 Å². The Labute approximate surface area is 138 Å². The Morgan fingerprint density at radius 2 is 1.83 bits per heavy atom. The van der Waals surface area contributed by atoms with Crippen molar-refractivity contribution in [3.05, 3.63) is 46.0 Å². The number of imidazole rings is 1. The van der Waals surface area contributed by atoms with Gasteiger partial charge in [-0.2, -0.15) is 0 Å². The summed E-state index contributed by atoms with van der Waals surface area (Å²) in [4.78, 5) is 15.5. The van der Waals surface area contributed by atoms with Gasteiger partial charge in [-0.1, -0.05) is 56.9 Å². The predicted octanol–water partition coefficient (Wildman–Crippen LogP) is 5.00. The summed E-state index contributed by atoms with van der Waals surface area (Å²) in [6.45, 7) is 4.24. The summed E-state index contributed by atoms with van der Waals surface area (Å²) in [5.74, 6) is 0. The van der Waals surface area contributed by atoms with Crippen LogP contribution in [-0.2, 0) is 6.42 Å². The van der Waals surface area contributed by atoms with Gasteiger partial charge in [0.1, 0.15) is 0 Å². The van der Waals surface area contributed by atoms with Crippen LogP contribution < -0.4 is 5.69 Å². The first-order valence-corrected chi connectivity index (χ1v) is 9.11. The molecular formula is C20H28N2O. The molecule has 124 valence electrons. The van der Waals surface area contributed by atoms with E-state index < -0.39 is 0 Å². The van der Waals surface area contributed by atoms with Gasteiger partial charge in [0.05, 0.1) is 5.69 Å². The first-order chi connectivity index (χ1) is 11.2. The van der Waals surface area contributed by atoms with Gasteiger partial charge in [0.2, 0.25) is 0 Å². The molecule has 1 aromatic heterocycles. The summed E-state index contributed by atoms with van der Waals surface area (Å²) in [7, 11) is 0. The quantitative estimate of drug-likeness (QED) is 0.829. The molecule has 2 aromatic rings. The maximum atomic E-state index is 12.4. The second kappa shape index (κ2) is 7.20. The molecule has 0 spiro atoms. The Morgan fingerprint density at radius 1 is 1.13 bits per heavy atom. The van der Waals surface area contributed by atoms with Crippen molar-refractivity contribution in [2.75, 3.05) is 0 Å². The van der Waals surface area contributed by atoms with E-state index in [0.717, 1.165) is 36.2 Å². The number of hydrogen-bond donors (Lipinski definition) is 1. The highest BCUT2D eigenvalue weighted by Crippen LogP contribution is 2.32. The molecule has 0 unspecified atom stereocenters. The van der Waals surface area contributed by atoms with Crippen molar-refractivity contribution in [3.63, 3.8) is 0 Å². The fourth-order valence-corrected chi connectivity index (χ4v) is 3.82. The van der Waals surface area contributed by atoms with E-state index >= 15 is 0 Å². The van der Waals surface area contributed by atoms with E-state index in [2.05, 4.69) is 36.2 Å². The van der Waals surface area contributed by atoms with Gasteiger partial charge in [0, 0.05) is 17.3 Å². The van der Waals surface area contributed by atoms with E-state index in [4.69, 9.17) is 0 Å².